The summed E-state index contributed by atoms with van der Waals surface area (Å²) in [5.41, 5.74) is -0.381. The molecular weight excluding hydrogens is 448 g/mol. The van der Waals surface area contributed by atoms with Gasteiger partial charge in [-0.2, -0.15) is 0 Å². The lowest BCUT2D eigenvalue weighted by Crippen LogP contribution is -2.29. The van der Waals surface area contributed by atoms with Crippen molar-refractivity contribution in [3.63, 3.8) is 0 Å². The van der Waals surface area contributed by atoms with Crippen LogP contribution in [0.2, 0.25) is 0 Å². The van der Waals surface area contributed by atoms with E-state index in [1.165, 1.54) is 0 Å². The van der Waals surface area contributed by atoms with Gasteiger partial charge in [-0.05, 0) is 68.0 Å². The minimum absolute atomic E-state index is 0.487. The third kappa shape index (κ3) is 16.7. The smallest absolute Gasteiger partial charge is 0.478 e. The molecule has 0 fully saturated rings. The summed E-state index contributed by atoms with van der Waals surface area (Å²) in [6.45, 7) is 13.0. The number of ether oxygens (including phenoxy) is 3. The van der Waals surface area contributed by atoms with Crippen LogP contribution in [-0.4, -0.2) is 83.8 Å². The highest BCUT2D eigenvalue weighted by molar-refractivity contribution is 5.87. The van der Waals surface area contributed by atoms with E-state index in [0.717, 1.165) is 25.9 Å². The zero-order chi connectivity index (χ0) is 26.5. The van der Waals surface area contributed by atoms with Gasteiger partial charge in [0.05, 0.1) is 0 Å². The van der Waals surface area contributed by atoms with Crippen LogP contribution < -0.4 is 5.32 Å². The van der Waals surface area contributed by atoms with E-state index in [4.69, 9.17) is 19.7 Å². The number of carboxylic acid groups (broad SMARTS) is 2. The Labute approximate surface area is 200 Å². The summed E-state index contributed by atoms with van der Waals surface area (Å²) < 4.78 is 13.8. The van der Waals surface area contributed by atoms with Crippen molar-refractivity contribution >= 4 is 24.2 Å². The first-order chi connectivity index (χ1) is 15.5. The second-order valence-electron chi connectivity index (χ2n) is 9.59. The minimum atomic E-state index is -1.06. The van der Waals surface area contributed by atoms with Crippen molar-refractivity contribution in [2.75, 3.05) is 33.2 Å². The molecule has 34 heavy (non-hydrogen) atoms. The van der Waals surface area contributed by atoms with Crippen molar-refractivity contribution in [3.05, 3.63) is 23.3 Å². The summed E-state index contributed by atoms with van der Waals surface area (Å²) in [6.07, 6.45) is 3.13. The number of aliphatic carboxylic acids is 2. The molecule has 3 N–H and O–H groups in total. The standard InChI is InChI=1S/C10H18O5.C7H11NO2.C6H9NO2/c1-9(2,3)14-7(11)13-8(12)15-10(4,5)6;1-8-4-2-3-6(5-8)7(9)10;8-6(9)5-2-1-3-7-4-5/h1-6H3;3H,2,4-5H2,1H3,(H,9,10);2,7H,1,3-4H2,(H,8,9). The Morgan fingerprint density at radius 1 is 0.853 bits per heavy atom. The quantitative estimate of drug-likeness (QED) is 0.390. The maximum atomic E-state index is 11.0. The van der Waals surface area contributed by atoms with Gasteiger partial charge in [-0.1, -0.05) is 12.2 Å². The van der Waals surface area contributed by atoms with Crippen molar-refractivity contribution in [1.29, 1.82) is 0 Å². The van der Waals surface area contributed by atoms with Crippen LogP contribution in [0, 0.1) is 0 Å². The number of likely N-dealkylation sites (N-methyl/N-ethyl adjacent to an activating group) is 1. The van der Waals surface area contributed by atoms with Crippen molar-refractivity contribution in [1.82, 2.24) is 10.2 Å². The van der Waals surface area contributed by atoms with Gasteiger partial charge in [0.2, 0.25) is 0 Å². The highest BCUT2D eigenvalue weighted by atomic mass is 16.8. The van der Waals surface area contributed by atoms with Crippen LogP contribution >= 0.6 is 0 Å². The number of nitrogens with zero attached hydrogens (tertiary/aromatic N) is 1. The number of carboxylic acids is 2. The summed E-state index contributed by atoms with van der Waals surface area (Å²) in [5.74, 6) is -1.59. The van der Waals surface area contributed by atoms with Gasteiger partial charge in [-0.3, -0.25) is 0 Å². The van der Waals surface area contributed by atoms with Gasteiger partial charge in [-0.15, -0.1) is 0 Å². The first kappa shape index (κ1) is 31.1. The van der Waals surface area contributed by atoms with E-state index in [0.29, 0.717) is 24.2 Å². The molecule has 2 aliphatic rings. The predicted molar refractivity (Wildman–Crippen MR) is 125 cm³/mol. The SMILES string of the molecule is CC(C)(C)OC(=O)OC(=O)OC(C)(C)C.CN1CCC=C(C(=O)O)C1.O=C(O)C1=CCCNC1. The zero-order valence-corrected chi connectivity index (χ0v) is 21.1. The molecule has 0 saturated heterocycles. The fraction of sp³-hybridized carbons (Fsp3) is 0.652. The molecule has 2 rings (SSSR count). The van der Waals surface area contributed by atoms with Crippen LogP contribution in [0.3, 0.4) is 0 Å². The summed E-state index contributed by atoms with van der Waals surface area (Å²) in [4.78, 5) is 44.7. The van der Waals surface area contributed by atoms with Crippen molar-refractivity contribution in [2.24, 2.45) is 0 Å². The monoisotopic (exact) mass is 486 g/mol. The van der Waals surface area contributed by atoms with Crippen molar-refractivity contribution in [2.45, 2.75) is 65.6 Å². The Morgan fingerprint density at radius 3 is 1.62 bits per heavy atom. The summed E-state index contributed by atoms with van der Waals surface area (Å²) in [7, 11) is 1.93. The average molecular weight is 487 g/mol. The van der Waals surface area contributed by atoms with E-state index in [1.807, 2.05) is 11.9 Å². The Bertz CT molecular complexity index is 748. The summed E-state index contributed by atoms with van der Waals surface area (Å²) >= 11 is 0. The lowest BCUT2D eigenvalue weighted by molar-refractivity contribution is -0.133. The van der Waals surface area contributed by atoms with E-state index >= 15 is 0 Å². The highest BCUT2D eigenvalue weighted by Crippen LogP contribution is 2.11. The molecule has 0 unspecified atom stereocenters. The number of carbonyl (C=O) groups is 4. The molecule has 0 saturated carbocycles. The third-order valence-electron chi connectivity index (χ3n) is 3.86. The van der Waals surface area contributed by atoms with E-state index in [-0.39, 0.29) is 0 Å². The van der Waals surface area contributed by atoms with Gasteiger partial charge in [-0.25, -0.2) is 19.2 Å². The summed E-state index contributed by atoms with van der Waals surface area (Å²) in [5, 5.41) is 20.0. The van der Waals surface area contributed by atoms with Gasteiger partial charge in [0.15, 0.2) is 0 Å². The second-order valence-corrected chi connectivity index (χ2v) is 9.59. The largest absolute Gasteiger partial charge is 0.519 e. The first-order valence-corrected chi connectivity index (χ1v) is 10.9. The molecule has 11 heteroatoms. The third-order valence-corrected chi connectivity index (χ3v) is 3.86. The Hall–Kier alpha value is -2.92. The maximum absolute atomic E-state index is 11.0. The minimum Gasteiger partial charge on any atom is -0.478 e. The van der Waals surface area contributed by atoms with E-state index < -0.39 is 35.5 Å². The molecule has 0 bridgehead atoms. The van der Waals surface area contributed by atoms with Crippen LogP contribution in [0.15, 0.2) is 23.3 Å². The second kappa shape index (κ2) is 14.4. The fourth-order valence-electron chi connectivity index (χ4n) is 2.46. The Kier molecular flexibility index (Phi) is 13.1. The Balaban J connectivity index is 0.000000499. The zero-order valence-electron chi connectivity index (χ0n) is 21.1. The molecule has 11 nitrogen and oxygen atoms in total. The van der Waals surface area contributed by atoms with Gasteiger partial charge in [0, 0.05) is 30.8 Å². The van der Waals surface area contributed by atoms with Crippen LogP contribution in [0.4, 0.5) is 9.59 Å². The lowest BCUT2D eigenvalue weighted by Gasteiger charge is -2.20. The molecule has 0 amide bonds. The first-order valence-electron chi connectivity index (χ1n) is 10.9. The molecule has 0 aromatic carbocycles. The molecule has 0 aliphatic carbocycles. The Morgan fingerprint density at radius 2 is 1.32 bits per heavy atom. The molecular formula is C23H38N2O9. The molecule has 0 radical (unpaired) electrons. The fourth-order valence-corrected chi connectivity index (χ4v) is 2.46. The number of carbonyl (C=O) groups excluding carboxylic acids is 2. The number of rotatable bonds is 2. The maximum Gasteiger partial charge on any atom is 0.519 e. The van der Waals surface area contributed by atoms with E-state index in [9.17, 15) is 19.2 Å². The van der Waals surface area contributed by atoms with Crippen molar-refractivity contribution in [3.8, 4) is 0 Å². The topological polar surface area (TPSA) is 152 Å². The molecule has 194 valence electrons. The number of hydrogen-bond donors (Lipinski definition) is 3. The molecule has 0 aromatic rings. The van der Waals surface area contributed by atoms with Gasteiger partial charge in [0.25, 0.3) is 0 Å². The van der Waals surface area contributed by atoms with Crippen molar-refractivity contribution < 1.29 is 43.6 Å². The van der Waals surface area contributed by atoms with Gasteiger partial charge < -0.3 is 34.6 Å². The van der Waals surface area contributed by atoms with Crippen LogP contribution in [0.5, 0.6) is 0 Å². The predicted octanol–water partition coefficient (Wildman–Crippen LogP) is 3.20. The van der Waals surface area contributed by atoms with E-state index in [1.54, 1.807) is 53.7 Å². The normalized spacial score (nSPS) is 16.2. The highest BCUT2D eigenvalue weighted by Gasteiger charge is 2.24. The average Bonchev–Trinajstić information content (AvgIpc) is 2.66. The molecule has 2 heterocycles. The van der Waals surface area contributed by atoms with Crippen LogP contribution in [0.25, 0.3) is 0 Å². The molecule has 0 atom stereocenters. The molecule has 0 spiro atoms. The number of hydrogen-bond acceptors (Lipinski definition) is 9. The molecule has 0 aromatic heterocycles. The van der Waals surface area contributed by atoms with Crippen LogP contribution in [-0.2, 0) is 23.8 Å². The summed E-state index contributed by atoms with van der Waals surface area (Å²) in [6, 6.07) is 0. The van der Waals surface area contributed by atoms with Crippen LogP contribution in [0.1, 0.15) is 54.4 Å². The molecule has 2 aliphatic heterocycles. The van der Waals surface area contributed by atoms with Gasteiger partial charge in [0.1, 0.15) is 11.2 Å². The lowest BCUT2D eigenvalue weighted by atomic mass is 10.1. The number of nitrogens with one attached hydrogen (secondary N) is 1. The van der Waals surface area contributed by atoms with Gasteiger partial charge >= 0.3 is 24.2 Å². The van der Waals surface area contributed by atoms with E-state index in [2.05, 4.69) is 10.1 Å².